The quantitative estimate of drug-likeness (QED) is 0.397. The van der Waals surface area contributed by atoms with Crippen molar-refractivity contribution in [1.29, 1.82) is 0 Å². The van der Waals surface area contributed by atoms with Gasteiger partial charge in [-0.05, 0) is 35.8 Å². The van der Waals surface area contributed by atoms with Crippen molar-refractivity contribution in [3.63, 3.8) is 0 Å². The van der Waals surface area contributed by atoms with E-state index in [0.717, 1.165) is 32.1 Å². The van der Waals surface area contributed by atoms with Crippen molar-refractivity contribution in [3.05, 3.63) is 35.4 Å². The largest absolute Gasteiger partial charge is 0.377 e. The summed E-state index contributed by atoms with van der Waals surface area (Å²) in [6.45, 7) is 9.58. The summed E-state index contributed by atoms with van der Waals surface area (Å²) >= 11 is 0. The molecule has 0 radical (unpaired) electrons. The van der Waals surface area contributed by atoms with Crippen LogP contribution < -0.4 is 10.6 Å². The first kappa shape index (κ1) is 21.5. The van der Waals surface area contributed by atoms with Gasteiger partial charge in [-0.3, -0.25) is 4.99 Å². The van der Waals surface area contributed by atoms with E-state index in [9.17, 15) is 0 Å². The van der Waals surface area contributed by atoms with Gasteiger partial charge in [0.2, 0.25) is 0 Å². The molecule has 3 rings (SSSR count). The lowest BCUT2D eigenvalue weighted by atomic mass is 9.77. The minimum Gasteiger partial charge on any atom is -0.377 e. The second-order valence-corrected chi connectivity index (χ2v) is 8.49. The molecule has 5 heteroatoms. The molecule has 1 aromatic carbocycles. The number of rotatable bonds is 4. The molecule has 1 fully saturated rings. The van der Waals surface area contributed by atoms with Crippen molar-refractivity contribution >= 4 is 29.9 Å². The molecule has 0 amide bonds. The molecule has 1 saturated heterocycles. The third-order valence-corrected chi connectivity index (χ3v) is 5.53. The highest BCUT2D eigenvalue weighted by molar-refractivity contribution is 14.0. The molecule has 3 unspecified atom stereocenters. The van der Waals surface area contributed by atoms with Crippen LogP contribution >= 0.6 is 24.0 Å². The number of benzene rings is 1. The maximum Gasteiger partial charge on any atom is 0.191 e. The van der Waals surface area contributed by atoms with Gasteiger partial charge in [0.1, 0.15) is 0 Å². The Hall–Kier alpha value is -0.820. The van der Waals surface area contributed by atoms with E-state index >= 15 is 0 Å². The van der Waals surface area contributed by atoms with Gasteiger partial charge in [-0.25, -0.2) is 0 Å². The summed E-state index contributed by atoms with van der Waals surface area (Å²) in [5.74, 6) is 2.05. The zero-order valence-electron chi connectivity index (χ0n) is 16.5. The van der Waals surface area contributed by atoms with Crippen LogP contribution in [0.1, 0.15) is 50.7 Å². The van der Waals surface area contributed by atoms with Crippen LogP contribution in [0.4, 0.5) is 0 Å². The zero-order chi connectivity index (χ0) is 17.9. The van der Waals surface area contributed by atoms with Crippen molar-refractivity contribution in [1.82, 2.24) is 10.6 Å². The molecule has 2 aliphatic rings. The molecule has 1 heterocycles. The smallest absolute Gasteiger partial charge is 0.191 e. The number of halogens is 1. The lowest BCUT2D eigenvalue weighted by Gasteiger charge is -2.40. The molecule has 1 aromatic rings. The molecule has 0 bridgehead atoms. The Morgan fingerprint density at radius 3 is 2.62 bits per heavy atom. The molecule has 3 atom stereocenters. The molecule has 4 nitrogen and oxygen atoms in total. The fourth-order valence-corrected chi connectivity index (χ4v) is 4.22. The number of hydrogen-bond acceptors (Lipinski definition) is 2. The number of guanidine groups is 1. The maximum absolute atomic E-state index is 6.08. The van der Waals surface area contributed by atoms with E-state index in [1.54, 1.807) is 0 Å². The number of fused-ring (bicyclic) bond motifs is 1. The highest BCUT2D eigenvalue weighted by Gasteiger charge is 2.35. The topological polar surface area (TPSA) is 45.7 Å². The normalized spacial score (nSPS) is 25.5. The maximum atomic E-state index is 6.08. The predicted molar refractivity (Wildman–Crippen MR) is 120 cm³/mol. The van der Waals surface area contributed by atoms with Gasteiger partial charge in [0.15, 0.2) is 5.96 Å². The Balaban J connectivity index is 0.00000243. The summed E-state index contributed by atoms with van der Waals surface area (Å²) in [4.78, 5) is 4.40. The summed E-state index contributed by atoms with van der Waals surface area (Å²) in [5.41, 5.74) is 3.16. The first-order valence-electron chi connectivity index (χ1n) is 9.63. The molecule has 0 spiro atoms. The van der Waals surface area contributed by atoms with Crippen LogP contribution in [0.15, 0.2) is 29.3 Å². The number of aliphatic imine (C=N–C) groups is 1. The molecule has 2 N–H and O–H groups in total. The second kappa shape index (κ2) is 9.40. The minimum atomic E-state index is 0. The molecular weight excluding hydrogens is 437 g/mol. The molecule has 0 aromatic heterocycles. The van der Waals surface area contributed by atoms with Crippen LogP contribution in [0.2, 0.25) is 0 Å². The molecule has 0 saturated carbocycles. The van der Waals surface area contributed by atoms with Gasteiger partial charge in [-0.1, -0.05) is 45.0 Å². The first-order chi connectivity index (χ1) is 12.0. The third kappa shape index (κ3) is 5.12. The zero-order valence-corrected chi connectivity index (χ0v) is 18.9. The molecule has 1 aliphatic carbocycles. The van der Waals surface area contributed by atoms with Crippen molar-refractivity contribution in [2.24, 2.45) is 16.3 Å². The van der Waals surface area contributed by atoms with Crippen molar-refractivity contribution in [3.8, 4) is 0 Å². The number of nitrogens with one attached hydrogen (secondary N) is 2. The summed E-state index contributed by atoms with van der Waals surface area (Å²) in [5, 5.41) is 7.03. The van der Waals surface area contributed by atoms with Crippen LogP contribution in [0.3, 0.4) is 0 Å². The fraction of sp³-hybridized carbons (Fsp3) is 0.667. The molecule has 146 valence electrons. The summed E-state index contributed by atoms with van der Waals surface area (Å²) < 4.78 is 6.08. The van der Waals surface area contributed by atoms with E-state index in [1.165, 1.54) is 24.0 Å². The summed E-state index contributed by atoms with van der Waals surface area (Å²) in [6.07, 6.45) is 3.86. The van der Waals surface area contributed by atoms with Gasteiger partial charge in [0.25, 0.3) is 0 Å². The number of nitrogens with zero attached hydrogens (tertiary/aromatic N) is 1. The van der Waals surface area contributed by atoms with Crippen LogP contribution in [0, 0.1) is 11.3 Å². The average Bonchev–Trinajstić information content (AvgIpc) is 2.58. The van der Waals surface area contributed by atoms with E-state index in [-0.39, 0.29) is 29.4 Å². The standard InChI is InChI=1S/C21H33N3O.HI/c1-21(2,3)19-16(9-7-11-25-19)13-23-20(22-4)24-14-17-12-15-8-5-6-10-18(15)17;/h5-6,8,10,16-17,19H,7,9,11-14H2,1-4H3,(H2,22,23,24);1H. The van der Waals surface area contributed by atoms with Crippen LogP contribution in [-0.2, 0) is 11.2 Å². The number of ether oxygens (including phenoxy) is 1. The molecule has 26 heavy (non-hydrogen) atoms. The minimum absolute atomic E-state index is 0. The summed E-state index contributed by atoms with van der Waals surface area (Å²) in [6, 6.07) is 8.73. The Morgan fingerprint density at radius 1 is 1.19 bits per heavy atom. The van der Waals surface area contributed by atoms with Gasteiger partial charge >= 0.3 is 0 Å². The average molecular weight is 471 g/mol. The fourth-order valence-electron chi connectivity index (χ4n) is 4.22. The van der Waals surface area contributed by atoms with E-state index in [1.807, 2.05) is 7.05 Å². The highest BCUT2D eigenvalue weighted by Crippen LogP contribution is 2.34. The van der Waals surface area contributed by atoms with Crippen molar-refractivity contribution in [2.45, 2.75) is 52.1 Å². The first-order valence-corrected chi connectivity index (χ1v) is 9.63. The molecular formula is C21H34IN3O. The lowest BCUT2D eigenvalue weighted by Crippen LogP contribution is -2.48. The second-order valence-electron chi connectivity index (χ2n) is 8.49. The Bertz CT molecular complexity index is 612. The van der Waals surface area contributed by atoms with Gasteiger partial charge in [-0.2, -0.15) is 0 Å². The van der Waals surface area contributed by atoms with Crippen LogP contribution in [0.5, 0.6) is 0 Å². The predicted octanol–water partition coefficient (Wildman–Crippen LogP) is 3.95. The monoisotopic (exact) mass is 471 g/mol. The van der Waals surface area contributed by atoms with Gasteiger partial charge in [-0.15, -0.1) is 24.0 Å². The highest BCUT2D eigenvalue weighted by atomic mass is 127. The summed E-state index contributed by atoms with van der Waals surface area (Å²) in [7, 11) is 1.85. The van der Waals surface area contributed by atoms with Crippen molar-refractivity contribution < 1.29 is 4.74 Å². The van der Waals surface area contributed by atoms with E-state index < -0.39 is 0 Å². The Kier molecular flexibility index (Phi) is 7.76. The third-order valence-electron chi connectivity index (χ3n) is 5.53. The van der Waals surface area contributed by atoms with E-state index in [4.69, 9.17) is 4.74 Å². The lowest BCUT2D eigenvalue weighted by molar-refractivity contribution is -0.0835. The Morgan fingerprint density at radius 2 is 1.92 bits per heavy atom. The number of hydrogen-bond donors (Lipinski definition) is 2. The molecule has 1 aliphatic heterocycles. The van der Waals surface area contributed by atoms with Crippen LogP contribution in [-0.4, -0.2) is 38.8 Å². The van der Waals surface area contributed by atoms with Gasteiger partial charge < -0.3 is 15.4 Å². The Labute approximate surface area is 175 Å². The van der Waals surface area contributed by atoms with Gasteiger partial charge in [0, 0.05) is 38.6 Å². The van der Waals surface area contributed by atoms with Crippen LogP contribution in [0.25, 0.3) is 0 Å². The van der Waals surface area contributed by atoms with E-state index in [0.29, 0.717) is 17.9 Å². The van der Waals surface area contributed by atoms with Gasteiger partial charge in [0.05, 0.1) is 6.10 Å². The van der Waals surface area contributed by atoms with Crippen molar-refractivity contribution in [2.75, 3.05) is 26.7 Å². The SMILES string of the molecule is CN=C(NCC1Cc2ccccc21)NCC1CCCOC1C(C)(C)C.I. The van der Waals surface area contributed by atoms with E-state index in [2.05, 4.69) is 60.7 Å².